The summed E-state index contributed by atoms with van der Waals surface area (Å²) in [4.78, 5) is 10.1. The van der Waals surface area contributed by atoms with Crippen LogP contribution in [0.5, 0.6) is 0 Å². The lowest BCUT2D eigenvalue weighted by Gasteiger charge is -1.89. The predicted molar refractivity (Wildman–Crippen MR) is 24.7 cm³/mol. The van der Waals surface area contributed by atoms with E-state index in [1.807, 2.05) is 0 Å². The van der Waals surface area contributed by atoms with Gasteiger partial charge in [0.1, 0.15) is 6.10 Å². The van der Waals surface area contributed by atoms with E-state index in [-0.39, 0.29) is 6.10 Å². The Morgan fingerprint density at radius 2 is 2.38 bits per heavy atom. The lowest BCUT2D eigenvalue weighted by atomic mass is 10.7. The van der Waals surface area contributed by atoms with E-state index in [0.717, 1.165) is 12.8 Å². The molecule has 0 unspecified atom stereocenters. The van der Waals surface area contributed by atoms with E-state index >= 15 is 0 Å². The zero-order valence-electron chi connectivity index (χ0n) is 4.26. The first-order valence-corrected chi connectivity index (χ1v) is 2.43. The number of nitrogens with zero attached hydrogens (tertiary/aromatic N) is 1. The van der Waals surface area contributed by atoms with Gasteiger partial charge in [-0.05, 0) is 12.8 Å². The van der Waals surface area contributed by atoms with Crippen molar-refractivity contribution in [3.63, 3.8) is 0 Å². The third kappa shape index (κ3) is 1.23. The fourth-order valence-corrected chi connectivity index (χ4v) is 0.364. The van der Waals surface area contributed by atoms with E-state index in [4.69, 9.17) is 5.26 Å². The first-order valence-electron chi connectivity index (χ1n) is 2.43. The lowest BCUT2D eigenvalue weighted by molar-refractivity contribution is -0.138. The molecule has 42 valence electrons. The van der Waals surface area contributed by atoms with Gasteiger partial charge in [-0.1, -0.05) is 0 Å². The second kappa shape index (κ2) is 1.83. The molecule has 3 heteroatoms. The third-order valence-electron chi connectivity index (χ3n) is 0.889. The SMILES string of the molecule is N#CC(=O)OC1CC1. The maximum atomic E-state index is 10.1. The van der Waals surface area contributed by atoms with E-state index in [0.29, 0.717) is 0 Å². The number of rotatable bonds is 1. The Morgan fingerprint density at radius 3 is 2.75 bits per heavy atom. The van der Waals surface area contributed by atoms with Crippen molar-refractivity contribution >= 4 is 5.97 Å². The summed E-state index contributed by atoms with van der Waals surface area (Å²) >= 11 is 0. The molecule has 0 radical (unpaired) electrons. The van der Waals surface area contributed by atoms with Crippen LogP contribution in [0.1, 0.15) is 12.8 Å². The van der Waals surface area contributed by atoms with E-state index in [2.05, 4.69) is 4.74 Å². The Balaban J connectivity index is 2.19. The molecule has 0 atom stereocenters. The third-order valence-corrected chi connectivity index (χ3v) is 0.889. The fourth-order valence-electron chi connectivity index (χ4n) is 0.364. The molecule has 1 aliphatic rings. The number of ether oxygens (including phenoxy) is 1. The second-order valence-electron chi connectivity index (χ2n) is 1.72. The molecule has 0 aliphatic heterocycles. The van der Waals surface area contributed by atoms with E-state index in [9.17, 15) is 4.79 Å². The molecule has 0 N–H and O–H groups in total. The highest BCUT2D eigenvalue weighted by Gasteiger charge is 2.25. The van der Waals surface area contributed by atoms with Crippen molar-refractivity contribution < 1.29 is 9.53 Å². The number of hydrogen-bond donors (Lipinski definition) is 0. The molecule has 0 saturated heterocycles. The van der Waals surface area contributed by atoms with Gasteiger partial charge in [0, 0.05) is 0 Å². The van der Waals surface area contributed by atoms with Gasteiger partial charge in [-0.25, -0.2) is 4.79 Å². The molecule has 0 bridgehead atoms. The van der Waals surface area contributed by atoms with Crippen LogP contribution in [0.25, 0.3) is 0 Å². The summed E-state index contributed by atoms with van der Waals surface area (Å²) in [6.07, 6.45) is 1.91. The molecule has 1 rings (SSSR count). The number of carbonyl (C=O) groups excluding carboxylic acids is 1. The number of nitriles is 1. The van der Waals surface area contributed by atoms with Gasteiger partial charge in [-0.3, -0.25) is 0 Å². The van der Waals surface area contributed by atoms with E-state index in [1.165, 1.54) is 6.07 Å². The Morgan fingerprint density at radius 1 is 1.75 bits per heavy atom. The second-order valence-corrected chi connectivity index (χ2v) is 1.72. The van der Waals surface area contributed by atoms with Crippen LogP contribution in [-0.4, -0.2) is 12.1 Å². The molecule has 1 aliphatic carbocycles. The summed E-state index contributed by atoms with van der Waals surface area (Å²) in [6, 6.07) is 1.38. The number of esters is 1. The standard InChI is InChI=1S/C5H5NO2/c6-3-5(7)8-4-1-2-4/h4H,1-2H2. The first kappa shape index (κ1) is 5.10. The minimum atomic E-state index is -0.757. The van der Waals surface area contributed by atoms with Gasteiger partial charge < -0.3 is 4.74 Å². The average Bonchev–Trinajstić information content (AvgIpc) is 2.50. The zero-order valence-corrected chi connectivity index (χ0v) is 4.26. The quantitative estimate of drug-likeness (QED) is 0.359. The molecular formula is C5H5NO2. The fraction of sp³-hybridized carbons (Fsp3) is 0.600. The largest absolute Gasteiger partial charge is 0.451 e. The van der Waals surface area contributed by atoms with Gasteiger partial charge in [0.05, 0.1) is 0 Å². The first-order chi connectivity index (χ1) is 3.83. The maximum absolute atomic E-state index is 10.1. The molecule has 0 aromatic rings. The summed E-state index contributed by atoms with van der Waals surface area (Å²) in [5.41, 5.74) is 0. The van der Waals surface area contributed by atoms with Crippen LogP contribution >= 0.6 is 0 Å². The van der Waals surface area contributed by atoms with Crippen LogP contribution in [-0.2, 0) is 9.53 Å². The van der Waals surface area contributed by atoms with Gasteiger partial charge in [0.15, 0.2) is 6.07 Å². The summed E-state index contributed by atoms with van der Waals surface area (Å²) in [6.45, 7) is 0. The molecule has 1 saturated carbocycles. The van der Waals surface area contributed by atoms with Gasteiger partial charge in [0.25, 0.3) is 0 Å². The molecule has 1 fully saturated rings. The smallest absolute Gasteiger partial charge is 0.411 e. The summed E-state index contributed by atoms with van der Waals surface area (Å²) in [7, 11) is 0. The monoisotopic (exact) mass is 111 g/mol. The van der Waals surface area contributed by atoms with Gasteiger partial charge in [-0.2, -0.15) is 5.26 Å². The molecule has 0 amide bonds. The minimum absolute atomic E-state index is 0.0575. The Bertz CT molecular complexity index is 143. The van der Waals surface area contributed by atoms with Crippen LogP contribution in [0.4, 0.5) is 0 Å². The zero-order chi connectivity index (χ0) is 5.98. The molecule has 0 heterocycles. The molecule has 0 spiro atoms. The molecule has 0 aromatic carbocycles. The van der Waals surface area contributed by atoms with Crippen molar-refractivity contribution in [3.8, 4) is 6.07 Å². The van der Waals surface area contributed by atoms with Crippen LogP contribution in [0.15, 0.2) is 0 Å². The average molecular weight is 111 g/mol. The van der Waals surface area contributed by atoms with Crippen LogP contribution in [0.2, 0.25) is 0 Å². The Hall–Kier alpha value is -1.04. The Labute approximate surface area is 46.9 Å². The highest BCUT2D eigenvalue weighted by Crippen LogP contribution is 2.23. The van der Waals surface area contributed by atoms with Gasteiger partial charge in [-0.15, -0.1) is 0 Å². The van der Waals surface area contributed by atoms with Crippen LogP contribution < -0.4 is 0 Å². The molecule has 8 heavy (non-hydrogen) atoms. The van der Waals surface area contributed by atoms with Gasteiger partial charge in [0.2, 0.25) is 0 Å². The van der Waals surface area contributed by atoms with Crippen molar-refractivity contribution in [2.45, 2.75) is 18.9 Å². The highest BCUT2D eigenvalue weighted by atomic mass is 16.5. The molecule has 0 aromatic heterocycles. The number of carbonyl (C=O) groups is 1. The van der Waals surface area contributed by atoms with Crippen molar-refractivity contribution in [1.82, 2.24) is 0 Å². The summed E-state index contributed by atoms with van der Waals surface area (Å²) in [5, 5.41) is 7.89. The van der Waals surface area contributed by atoms with Crippen molar-refractivity contribution in [2.24, 2.45) is 0 Å². The maximum Gasteiger partial charge on any atom is 0.411 e. The number of hydrogen-bond acceptors (Lipinski definition) is 3. The van der Waals surface area contributed by atoms with Crippen LogP contribution in [0, 0.1) is 11.3 Å². The predicted octanol–water partition coefficient (Wildman–Crippen LogP) is 0.216. The normalized spacial score (nSPS) is 16.9. The topological polar surface area (TPSA) is 50.1 Å². The van der Waals surface area contributed by atoms with Crippen molar-refractivity contribution in [1.29, 1.82) is 5.26 Å². The van der Waals surface area contributed by atoms with E-state index in [1.54, 1.807) is 0 Å². The molecular weight excluding hydrogens is 106 g/mol. The molecule has 3 nitrogen and oxygen atoms in total. The van der Waals surface area contributed by atoms with Crippen molar-refractivity contribution in [3.05, 3.63) is 0 Å². The highest BCUT2D eigenvalue weighted by molar-refractivity contribution is 5.85. The lowest BCUT2D eigenvalue weighted by Crippen LogP contribution is -2.01. The van der Waals surface area contributed by atoms with Gasteiger partial charge >= 0.3 is 5.97 Å². The van der Waals surface area contributed by atoms with Crippen molar-refractivity contribution in [2.75, 3.05) is 0 Å². The Kier molecular flexibility index (Phi) is 1.17. The van der Waals surface area contributed by atoms with Crippen LogP contribution in [0.3, 0.4) is 0 Å². The van der Waals surface area contributed by atoms with E-state index < -0.39 is 5.97 Å². The summed E-state index contributed by atoms with van der Waals surface area (Å²) < 4.78 is 4.51. The summed E-state index contributed by atoms with van der Waals surface area (Å²) in [5.74, 6) is -0.757. The minimum Gasteiger partial charge on any atom is -0.451 e.